The number of hydrogen-bond acceptors (Lipinski definition) is 2. The molecule has 0 amide bonds. The molecule has 2 nitrogen and oxygen atoms in total. The summed E-state index contributed by atoms with van der Waals surface area (Å²) in [6.07, 6.45) is 4.01. The van der Waals surface area contributed by atoms with Crippen LogP contribution in [0.5, 0.6) is 0 Å². The fraction of sp³-hybridized carbons (Fsp3) is 0.625. The average molecular weight is 313 g/mol. The summed E-state index contributed by atoms with van der Waals surface area (Å²) in [4.78, 5) is 2.67. The molecule has 20 heavy (non-hydrogen) atoms. The van der Waals surface area contributed by atoms with Crippen LogP contribution in [0, 0.1) is 0 Å². The Morgan fingerprint density at radius 3 is 2.65 bits per heavy atom. The van der Waals surface area contributed by atoms with Gasteiger partial charge in [0, 0.05) is 30.7 Å². The summed E-state index contributed by atoms with van der Waals surface area (Å²) in [6, 6.07) is 8.36. The Bertz CT molecular complexity index is 487. The molecule has 1 aliphatic heterocycles. The van der Waals surface area contributed by atoms with Crippen LogP contribution in [-0.4, -0.2) is 29.6 Å². The number of nitrogens with zero attached hydrogens (tertiary/aromatic N) is 1. The maximum atomic E-state index is 6.10. The predicted octanol–water partition coefficient (Wildman–Crippen LogP) is 4.27. The second kappa shape index (κ2) is 5.84. The highest BCUT2D eigenvalue weighted by atomic mass is 35.5. The van der Waals surface area contributed by atoms with Crippen molar-refractivity contribution in [1.82, 2.24) is 10.2 Å². The summed E-state index contributed by atoms with van der Waals surface area (Å²) in [5.74, 6) is 0. The van der Waals surface area contributed by atoms with E-state index in [4.69, 9.17) is 23.2 Å². The van der Waals surface area contributed by atoms with Crippen LogP contribution in [0.3, 0.4) is 0 Å². The number of halogens is 2. The zero-order chi connectivity index (χ0) is 14.3. The first-order valence-electron chi connectivity index (χ1n) is 7.51. The molecule has 0 radical (unpaired) electrons. The Morgan fingerprint density at radius 2 is 2.00 bits per heavy atom. The lowest BCUT2D eigenvalue weighted by Crippen LogP contribution is -2.35. The molecule has 1 saturated carbocycles. The molecule has 110 valence electrons. The molecule has 1 saturated heterocycles. The van der Waals surface area contributed by atoms with Gasteiger partial charge >= 0.3 is 0 Å². The van der Waals surface area contributed by atoms with E-state index in [9.17, 15) is 0 Å². The van der Waals surface area contributed by atoms with Gasteiger partial charge in [0.1, 0.15) is 0 Å². The van der Waals surface area contributed by atoms with Crippen LogP contribution >= 0.6 is 23.2 Å². The molecule has 0 aromatic heterocycles. The van der Waals surface area contributed by atoms with Crippen molar-refractivity contribution >= 4 is 23.2 Å². The van der Waals surface area contributed by atoms with Crippen molar-refractivity contribution in [3.63, 3.8) is 0 Å². The van der Waals surface area contributed by atoms with Crippen LogP contribution in [0.4, 0.5) is 0 Å². The predicted molar refractivity (Wildman–Crippen MR) is 85.6 cm³/mol. The maximum absolute atomic E-state index is 6.10. The quantitative estimate of drug-likeness (QED) is 0.893. The smallest absolute Gasteiger partial charge is 0.0595 e. The van der Waals surface area contributed by atoms with Gasteiger partial charge in [0.25, 0.3) is 0 Å². The molecule has 1 heterocycles. The highest BCUT2D eigenvalue weighted by molar-refractivity contribution is 6.42. The van der Waals surface area contributed by atoms with Crippen LogP contribution in [0.25, 0.3) is 0 Å². The molecule has 4 heteroatoms. The zero-order valence-electron chi connectivity index (χ0n) is 12.1. The second-order valence-corrected chi connectivity index (χ2v) is 7.09. The Hall–Kier alpha value is -0.280. The van der Waals surface area contributed by atoms with E-state index < -0.39 is 0 Å². The van der Waals surface area contributed by atoms with Gasteiger partial charge in [-0.2, -0.15) is 0 Å². The first-order chi connectivity index (χ1) is 9.54. The molecular formula is C16H22Cl2N2. The van der Waals surface area contributed by atoms with Gasteiger partial charge in [0.2, 0.25) is 0 Å². The van der Waals surface area contributed by atoms with Crippen LogP contribution in [0.2, 0.25) is 10.0 Å². The van der Waals surface area contributed by atoms with Gasteiger partial charge in [0.05, 0.1) is 10.0 Å². The zero-order valence-corrected chi connectivity index (χ0v) is 13.6. The van der Waals surface area contributed by atoms with E-state index in [0.29, 0.717) is 28.2 Å². The van der Waals surface area contributed by atoms with Crippen LogP contribution in [-0.2, 0) is 0 Å². The number of nitrogens with one attached hydrogen (secondary N) is 1. The van der Waals surface area contributed by atoms with Gasteiger partial charge in [0.15, 0.2) is 0 Å². The fourth-order valence-electron chi connectivity index (χ4n) is 3.32. The summed E-state index contributed by atoms with van der Waals surface area (Å²) < 4.78 is 0. The number of likely N-dealkylation sites (tertiary alicyclic amines) is 1. The minimum atomic E-state index is 0.307. The highest BCUT2D eigenvalue weighted by Gasteiger charge is 2.38. The van der Waals surface area contributed by atoms with Crippen molar-refractivity contribution < 1.29 is 0 Å². The standard InChI is InChI=1S/C16H22Cl2N2/c1-10-7-13(9-20(10)14-4-5-14)19-11(2)12-3-6-15(17)16(18)8-12/h3,6,8,10-11,13-14,19H,4-5,7,9H2,1-2H3. The molecule has 0 bridgehead atoms. The van der Waals surface area contributed by atoms with Gasteiger partial charge in [-0.1, -0.05) is 29.3 Å². The molecule has 2 fully saturated rings. The van der Waals surface area contributed by atoms with Gasteiger partial charge in [-0.15, -0.1) is 0 Å². The van der Waals surface area contributed by atoms with Crippen molar-refractivity contribution in [2.45, 2.75) is 57.3 Å². The van der Waals surface area contributed by atoms with Crippen molar-refractivity contribution in [3.8, 4) is 0 Å². The van der Waals surface area contributed by atoms with E-state index in [0.717, 1.165) is 6.04 Å². The molecule has 3 rings (SSSR count). The van der Waals surface area contributed by atoms with E-state index in [1.165, 1.54) is 31.4 Å². The third kappa shape index (κ3) is 3.14. The summed E-state index contributed by atoms with van der Waals surface area (Å²) in [5, 5.41) is 5.00. The van der Waals surface area contributed by atoms with E-state index in [-0.39, 0.29) is 0 Å². The third-order valence-corrected chi connectivity index (χ3v) is 5.31. The number of benzene rings is 1. The Balaban J connectivity index is 1.61. The highest BCUT2D eigenvalue weighted by Crippen LogP contribution is 2.34. The summed E-state index contributed by atoms with van der Waals surface area (Å²) in [6.45, 7) is 5.73. The van der Waals surface area contributed by atoms with E-state index >= 15 is 0 Å². The van der Waals surface area contributed by atoms with E-state index in [1.54, 1.807) is 0 Å². The van der Waals surface area contributed by atoms with E-state index in [1.807, 2.05) is 12.1 Å². The molecule has 3 unspecified atom stereocenters. The van der Waals surface area contributed by atoms with Crippen molar-refractivity contribution in [2.75, 3.05) is 6.54 Å². The number of hydrogen-bond donors (Lipinski definition) is 1. The largest absolute Gasteiger partial charge is 0.306 e. The van der Waals surface area contributed by atoms with Gasteiger partial charge in [-0.05, 0) is 50.8 Å². The number of rotatable bonds is 4. The molecular weight excluding hydrogens is 291 g/mol. The Kier molecular flexibility index (Phi) is 4.28. The van der Waals surface area contributed by atoms with E-state index in [2.05, 4.69) is 30.1 Å². The topological polar surface area (TPSA) is 15.3 Å². The molecule has 1 aliphatic carbocycles. The molecule has 2 aliphatic rings. The van der Waals surface area contributed by atoms with Crippen molar-refractivity contribution in [3.05, 3.63) is 33.8 Å². The lowest BCUT2D eigenvalue weighted by molar-refractivity contribution is 0.254. The average Bonchev–Trinajstić information content (AvgIpc) is 3.17. The summed E-state index contributed by atoms with van der Waals surface area (Å²) >= 11 is 12.1. The third-order valence-electron chi connectivity index (χ3n) is 4.57. The second-order valence-electron chi connectivity index (χ2n) is 6.27. The Morgan fingerprint density at radius 1 is 1.25 bits per heavy atom. The lowest BCUT2D eigenvalue weighted by atomic mass is 10.1. The van der Waals surface area contributed by atoms with Crippen molar-refractivity contribution in [1.29, 1.82) is 0 Å². The van der Waals surface area contributed by atoms with Crippen molar-refractivity contribution in [2.24, 2.45) is 0 Å². The van der Waals surface area contributed by atoms with Crippen LogP contribution in [0.15, 0.2) is 18.2 Å². The molecule has 0 spiro atoms. The van der Waals surface area contributed by atoms with Crippen LogP contribution in [0.1, 0.15) is 44.7 Å². The van der Waals surface area contributed by atoms with Gasteiger partial charge < -0.3 is 5.32 Å². The first-order valence-corrected chi connectivity index (χ1v) is 8.27. The molecule has 1 N–H and O–H groups in total. The molecule has 1 aromatic rings. The minimum absolute atomic E-state index is 0.307. The summed E-state index contributed by atoms with van der Waals surface area (Å²) in [5.41, 5.74) is 1.21. The maximum Gasteiger partial charge on any atom is 0.0595 e. The normalized spacial score (nSPS) is 28.8. The monoisotopic (exact) mass is 312 g/mol. The minimum Gasteiger partial charge on any atom is -0.306 e. The Labute approximate surface area is 131 Å². The molecule has 1 aromatic carbocycles. The van der Waals surface area contributed by atoms with Gasteiger partial charge in [-0.25, -0.2) is 0 Å². The van der Waals surface area contributed by atoms with Gasteiger partial charge in [-0.3, -0.25) is 4.90 Å². The molecule has 3 atom stereocenters. The van der Waals surface area contributed by atoms with Crippen LogP contribution < -0.4 is 5.32 Å². The summed E-state index contributed by atoms with van der Waals surface area (Å²) in [7, 11) is 0. The first kappa shape index (κ1) is 14.6. The lowest BCUT2D eigenvalue weighted by Gasteiger charge is -2.21. The fourth-order valence-corrected chi connectivity index (χ4v) is 3.63. The SMILES string of the molecule is CC(NC1CC(C)N(C2CC2)C1)c1ccc(Cl)c(Cl)c1.